The van der Waals surface area contributed by atoms with Gasteiger partial charge in [-0.1, -0.05) is 6.07 Å². The Morgan fingerprint density at radius 3 is 2.43 bits per heavy atom. The number of carbonyl (C=O) groups is 1. The zero-order valence-electron chi connectivity index (χ0n) is 17.1. The molecule has 0 aliphatic carbocycles. The van der Waals surface area contributed by atoms with Gasteiger partial charge in [0.15, 0.2) is 0 Å². The number of benzene rings is 2. The Hall–Kier alpha value is -2.42. The minimum Gasteiger partial charge on any atom is -0.378 e. The van der Waals surface area contributed by atoms with Crippen molar-refractivity contribution in [1.82, 2.24) is 4.31 Å². The largest absolute Gasteiger partial charge is 0.378 e. The molecule has 2 aromatic carbocycles. The van der Waals surface area contributed by atoms with Crippen molar-refractivity contribution in [1.29, 1.82) is 0 Å². The normalized spacial score (nSPS) is 17.8. The lowest BCUT2D eigenvalue weighted by molar-refractivity contribution is 0.102. The van der Waals surface area contributed by atoms with Crippen molar-refractivity contribution in [2.45, 2.75) is 24.7 Å². The fourth-order valence-electron chi connectivity index (χ4n) is 3.88. The molecule has 2 heterocycles. The lowest BCUT2D eigenvalue weighted by Gasteiger charge is -2.29. The summed E-state index contributed by atoms with van der Waals surface area (Å²) in [5.74, 6) is -0.323. The number of nitrogens with zero attached hydrogens (tertiary/aromatic N) is 2. The Labute approximate surface area is 177 Å². The van der Waals surface area contributed by atoms with Crippen molar-refractivity contribution < 1.29 is 17.9 Å². The van der Waals surface area contributed by atoms with Gasteiger partial charge in [0.1, 0.15) is 0 Å². The molecular formula is C22H27N3O4S. The summed E-state index contributed by atoms with van der Waals surface area (Å²) in [7, 11) is -3.56. The van der Waals surface area contributed by atoms with E-state index in [2.05, 4.69) is 16.3 Å². The lowest BCUT2D eigenvalue weighted by Crippen LogP contribution is -2.36. The van der Waals surface area contributed by atoms with Crippen molar-refractivity contribution in [3.05, 3.63) is 53.6 Å². The third-order valence-corrected chi connectivity index (χ3v) is 7.53. The average Bonchev–Trinajstić information content (AvgIpc) is 3.32. The maximum atomic E-state index is 12.8. The van der Waals surface area contributed by atoms with Gasteiger partial charge >= 0.3 is 0 Å². The van der Waals surface area contributed by atoms with Gasteiger partial charge in [-0.2, -0.15) is 4.31 Å². The molecule has 2 saturated heterocycles. The molecule has 2 aromatic rings. The van der Waals surface area contributed by atoms with Crippen molar-refractivity contribution in [3.63, 3.8) is 0 Å². The van der Waals surface area contributed by atoms with E-state index < -0.39 is 10.0 Å². The number of rotatable bonds is 5. The predicted molar refractivity (Wildman–Crippen MR) is 117 cm³/mol. The van der Waals surface area contributed by atoms with Crippen LogP contribution in [0.5, 0.6) is 0 Å². The number of amides is 1. The smallest absolute Gasteiger partial charge is 0.255 e. The summed E-state index contributed by atoms with van der Waals surface area (Å²) in [6, 6.07) is 12.2. The Kier molecular flexibility index (Phi) is 6.08. The van der Waals surface area contributed by atoms with Gasteiger partial charge in [-0.15, -0.1) is 0 Å². The molecule has 7 nitrogen and oxygen atoms in total. The van der Waals surface area contributed by atoms with Gasteiger partial charge < -0.3 is 15.0 Å². The minimum atomic E-state index is -3.56. The maximum absolute atomic E-state index is 12.8. The van der Waals surface area contributed by atoms with Crippen LogP contribution in [0.25, 0.3) is 0 Å². The maximum Gasteiger partial charge on any atom is 0.255 e. The van der Waals surface area contributed by atoms with E-state index in [-0.39, 0.29) is 10.8 Å². The Balaban J connectivity index is 1.50. The molecule has 2 fully saturated rings. The molecule has 4 rings (SSSR count). The first-order chi connectivity index (χ1) is 14.4. The molecule has 0 aromatic heterocycles. The first-order valence-corrected chi connectivity index (χ1v) is 11.7. The average molecular weight is 430 g/mol. The summed E-state index contributed by atoms with van der Waals surface area (Å²) in [5, 5.41) is 2.91. The van der Waals surface area contributed by atoms with Crippen LogP contribution in [-0.2, 0) is 14.8 Å². The summed E-state index contributed by atoms with van der Waals surface area (Å²) in [6.45, 7) is 6.16. The number of anilines is 2. The van der Waals surface area contributed by atoms with Gasteiger partial charge in [-0.3, -0.25) is 4.79 Å². The van der Waals surface area contributed by atoms with E-state index in [1.54, 1.807) is 18.2 Å². The third-order valence-electron chi connectivity index (χ3n) is 5.63. The second kappa shape index (κ2) is 8.75. The van der Waals surface area contributed by atoms with E-state index in [0.717, 1.165) is 37.2 Å². The topological polar surface area (TPSA) is 79.0 Å². The van der Waals surface area contributed by atoms with Gasteiger partial charge in [0.05, 0.1) is 18.1 Å². The molecule has 2 aliphatic rings. The van der Waals surface area contributed by atoms with E-state index in [1.165, 1.54) is 10.4 Å². The first kappa shape index (κ1) is 20.8. The highest BCUT2D eigenvalue weighted by Crippen LogP contribution is 2.25. The molecule has 30 heavy (non-hydrogen) atoms. The molecule has 2 aliphatic heterocycles. The number of hydrogen-bond donors (Lipinski definition) is 1. The second-order valence-electron chi connectivity index (χ2n) is 7.69. The first-order valence-electron chi connectivity index (χ1n) is 10.3. The Morgan fingerprint density at radius 2 is 1.73 bits per heavy atom. The SMILES string of the molecule is Cc1cc(N2CCOCC2)ccc1NC(=O)c1cccc(S(=O)(=O)N2CCCC2)c1. The lowest BCUT2D eigenvalue weighted by atomic mass is 10.1. The summed E-state index contributed by atoms with van der Waals surface area (Å²) >= 11 is 0. The molecule has 1 amide bonds. The van der Waals surface area contributed by atoms with E-state index in [4.69, 9.17) is 4.74 Å². The molecule has 0 radical (unpaired) electrons. The predicted octanol–water partition coefficient (Wildman–Crippen LogP) is 2.87. The highest BCUT2D eigenvalue weighted by Gasteiger charge is 2.27. The van der Waals surface area contributed by atoms with Crippen LogP contribution in [0.4, 0.5) is 11.4 Å². The summed E-state index contributed by atoms with van der Waals surface area (Å²) in [6.07, 6.45) is 1.75. The zero-order valence-corrected chi connectivity index (χ0v) is 18.0. The number of morpholine rings is 1. The standard InChI is InChI=1S/C22H27N3O4S/c1-17-15-19(24-11-13-29-14-12-24)7-8-21(17)23-22(26)18-5-4-6-20(16-18)30(27,28)25-9-2-3-10-25/h4-8,15-16H,2-3,9-14H2,1H3,(H,23,26). The molecule has 0 spiro atoms. The highest BCUT2D eigenvalue weighted by molar-refractivity contribution is 7.89. The van der Waals surface area contributed by atoms with Gasteiger partial charge in [0.25, 0.3) is 5.91 Å². The van der Waals surface area contributed by atoms with Crippen molar-refractivity contribution in [2.75, 3.05) is 49.6 Å². The van der Waals surface area contributed by atoms with Crippen LogP contribution in [-0.4, -0.2) is 58.0 Å². The van der Waals surface area contributed by atoms with Gasteiger partial charge in [0, 0.05) is 43.1 Å². The molecule has 0 unspecified atom stereocenters. The van der Waals surface area contributed by atoms with Crippen LogP contribution in [0.2, 0.25) is 0 Å². The summed E-state index contributed by atoms with van der Waals surface area (Å²) in [5.41, 5.74) is 3.09. The summed E-state index contributed by atoms with van der Waals surface area (Å²) in [4.78, 5) is 15.2. The van der Waals surface area contributed by atoms with Gasteiger partial charge in [-0.25, -0.2) is 8.42 Å². The molecular weight excluding hydrogens is 402 g/mol. The van der Waals surface area contributed by atoms with Crippen LogP contribution in [0.1, 0.15) is 28.8 Å². The van der Waals surface area contributed by atoms with Crippen molar-refractivity contribution >= 4 is 27.3 Å². The van der Waals surface area contributed by atoms with E-state index in [0.29, 0.717) is 37.6 Å². The van der Waals surface area contributed by atoms with Gasteiger partial charge in [0.2, 0.25) is 10.0 Å². The van der Waals surface area contributed by atoms with Crippen LogP contribution in [0.3, 0.4) is 0 Å². The quantitative estimate of drug-likeness (QED) is 0.791. The molecule has 160 valence electrons. The number of sulfonamides is 1. The van der Waals surface area contributed by atoms with E-state index in [9.17, 15) is 13.2 Å². The molecule has 0 bridgehead atoms. The fourth-order valence-corrected chi connectivity index (χ4v) is 5.44. The molecule has 0 atom stereocenters. The zero-order chi connectivity index (χ0) is 21.1. The van der Waals surface area contributed by atoms with E-state index in [1.807, 2.05) is 19.1 Å². The minimum absolute atomic E-state index is 0.163. The van der Waals surface area contributed by atoms with Crippen LogP contribution < -0.4 is 10.2 Å². The van der Waals surface area contributed by atoms with Crippen LogP contribution >= 0.6 is 0 Å². The number of carbonyl (C=O) groups excluding carboxylic acids is 1. The Morgan fingerprint density at radius 1 is 1.00 bits per heavy atom. The second-order valence-corrected chi connectivity index (χ2v) is 9.63. The van der Waals surface area contributed by atoms with E-state index >= 15 is 0 Å². The Bertz CT molecular complexity index is 1030. The van der Waals surface area contributed by atoms with Crippen molar-refractivity contribution in [2.24, 2.45) is 0 Å². The highest BCUT2D eigenvalue weighted by atomic mass is 32.2. The molecule has 8 heteroatoms. The van der Waals surface area contributed by atoms with Crippen molar-refractivity contribution in [3.8, 4) is 0 Å². The van der Waals surface area contributed by atoms with Gasteiger partial charge in [-0.05, 0) is 61.7 Å². The number of ether oxygens (including phenoxy) is 1. The third kappa shape index (κ3) is 4.35. The fraction of sp³-hybridized carbons (Fsp3) is 0.409. The molecule has 0 saturated carbocycles. The summed E-state index contributed by atoms with van der Waals surface area (Å²) < 4.78 is 32.5. The number of hydrogen-bond acceptors (Lipinski definition) is 5. The molecule has 1 N–H and O–H groups in total. The monoisotopic (exact) mass is 429 g/mol. The number of nitrogens with one attached hydrogen (secondary N) is 1. The van der Waals surface area contributed by atoms with Crippen LogP contribution in [0.15, 0.2) is 47.4 Å². The van der Waals surface area contributed by atoms with Crippen LogP contribution in [0, 0.1) is 6.92 Å². The number of aryl methyl sites for hydroxylation is 1.